The summed E-state index contributed by atoms with van der Waals surface area (Å²) in [6.45, 7) is 0.933. The van der Waals surface area contributed by atoms with E-state index in [1.807, 2.05) is 59.5 Å². The standard InChI is InChI=1S/C17H21NO3/c1-21-16-9-5-6-14(12-16)17(20)13-18(10-11-19)15-7-3-2-4-8-15/h2-9,12,17,19-20H,10-11,13H2,1H3. The van der Waals surface area contributed by atoms with Crippen LogP contribution in [0.25, 0.3) is 0 Å². The van der Waals surface area contributed by atoms with Gasteiger partial charge in [-0.3, -0.25) is 0 Å². The Balaban J connectivity index is 2.12. The largest absolute Gasteiger partial charge is 0.497 e. The van der Waals surface area contributed by atoms with E-state index in [1.54, 1.807) is 7.11 Å². The van der Waals surface area contributed by atoms with E-state index in [0.29, 0.717) is 13.1 Å². The van der Waals surface area contributed by atoms with Gasteiger partial charge in [0.25, 0.3) is 0 Å². The predicted octanol–water partition coefficient (Wildman–Crippen LogP) is 2.23. The molecule has 0 aliphatic carbocycles. The van der Waals surface area contributed by atoms with Crippen LogP contribution in [0.2, 0.25) is 0 Å². The Hall–Kier alpha value is -2.04. The normalized spacial score (nSPS) is 12.0. The zero-order valence-electron chi connectivity index (χ0n) is 12.1. The molecule has 0 aromatic heterocycles. The van der Waals surface area contributed by atoms with Crippen LogP contribution >= 0.6 is 0 Å². The molecule has 2 N–H and O–H groups in total. The number of ether oxygens (including phenoxy) is 1. The van der Waals surface area contributed by atoms with E-state index in [-0.39, 0.29) is 6.61 Å². The fraction of sp³-hybridized carbons (Fsp3) is 0.294. The maximum Gasteiger partial charge on any atom is 0.119 e. The summed E-state index contributed by atoms with van der Waals surface area (Å²) in [5.41, 5.74) is 1.78. The molecule has 0 aliphatic rings. The van der Waals surface area contributed by atoms with Crippen molar-refractivity contribution in [1.29, 1.82) is 0 Å². The SMILES string of the molecule is COc1cccc(C(O)CN(CCO)c2ccccc2)c1. The molecule has 21 heavy (non-hydrogen) atoms. The smallest absolute Gasteiger partial charge is 0.119 e. The second-order valence-corrected chi connectivity index (χ2v) is 4.80. The molecule has 2 aromatic carbocycles. The van der Waals surface area contributed by atoms with Gasteiger partial charge in [-0.15, -0.1) is 0 Å². The Morgan fingerprint density at radius 2 is 1.86 bits per heavy atom. The molecule has 0 fully saturated rings. The number of hydrogen-bond donors (Lipinski definition) is 2. The maximum absolute atomic E-state index is 10.4. The number of aliphatic hydroxyl groups excluding tert-OH is 2. The van der Waals surface area contributed by atoms with Gasteiger partial charge >= 0.3 is 0 Å². The molecule has 2 rings (SSSR count). The highest BCUT2D eigenvalue weighted by molar-refractivity contribution is 5.46. The molecule has 4 nitrogen and oxygen atoms in total. The number of anilines is 1. The highest BCUT2D eigenvalue weighted by Gasteiger charge is 2.14. The van der Waals surface area contributed by atoms with Crippen molar-refractivity contribution >= 4 is 5.69 Å². The molecule has 0 heterocycles. The Bertz CT molecular complexity index is 545. The van der Waals surface area contributed by atoms with Crippen molar-refractivity contribution in [2.24, 2.45) is 0 Å². The summed E-state index contributed by atoms with van der Waals surface area (Å²) in [6, 6.07) is 17.2. The average molecular weight is 287 g/mol. The lowest BCUT2D eigenvalue weighted by atomic mass is 10.1. The molecule has 0 spiro atoms. The van der Waals surface area contributed by atoms with Crippen LogP contribution in [0.1, 0.15) is 11.7 Å². The van der Waals surface area contributed by atoms with Gasteiger partial charge in [0.1, 0.15) is 5.75 Å². The molecule has 0 aliphatic heterocycles. The van der Waals surface area contributed by atoms with E-state index in [0.717, 1.165) is 17.0 Å². The van der Waals surface area contributed by atoms with Crippen LogP contribution in [-0.2, 0) is 0 Å². The van der Waals surface area contributed by atoms with Crippen LogP contribution in [0.3, 0.4) is 0 Å². The molecule has 2 aromatic rings. The van der Waals surface area contributed by atoms with Gasteiger partial charge in [-0.1, -0.05) is 30.3 Å². The minimum atomic E-state index is -0.646. The van der Waals surface area contributed by atoms with E-state index in [9.17, 15) is 10.2 Å². The monoisotopic (exact) mass is 287 g/mol. The lowest BCUT2D eigenvalue weighted by Gasteiger charge is -2.27. The summed E-state index contributed by atoms with van der Waals surface area (Å²) in [6.07, 6.45) is -0.646. The first kappa shape index (κ1) is 15.4. The van der Waals surface area contributed by atoms with Crippen LogP contribution in [-0.4, -0.2) is 37.0 Å². The Labute approximate surface area is 125 Å². The fourth-order valence-corrected chi connectivity index (χ4v) is 2.25. The quantitative estimate of drug-likeness (QED) is 0.820. The number of nitrogens with zero attached hydrogens (tertiary/aromatic N) is 1. The maximum atomic E-state index is 10.4. The Morgan fingerprint density at radius 1 is 1.10 bits per heavy atom. The van der Waals surface area contributed by atoms with E-state index in [1.165, 1.54) is 0 Å². The molecule has 0 amide bonds. The summed E-state index contributed by atoms with van der Waals surface area (Å²) >= 11 is 0. The summed E-state index contributed by atoms with van der Waals surface area (Å²) in [5, 5.41) is 19.6. The minimum absolute atomic E-state index is 0.0414. The van der Waals surface area contributed by atoms with Gasteiger partial charge in [0, 0.05) is 18.8 Å². The molecule has 112 valence electrons. The second-order valence-electron chi connectivity index (χ2n) is 4.80. The van der Waals surface area contributed by atoms with Gasteiger partial charge in [0.05, 0.1) is 19.8 Å². The third-order valence-electron chi connectivity index (χ3n) is 3.36. The second kappa shape index (κ2) is 7.67. The van der Waals surface area contributed by atoms with Gasteiger partial charge in [-0.25, -0.2) is 0 Å². The third-order valence-corrected chi connectivity index (χ3v) is 3.36. The molecule has 1 unspecified atom stereocenters. The van der Waals surface area contributed by atoms with Crippen molar-refractivity contribution in [2.45, 2.75) is 6.10 Å². The lowest BCUT2D eigenvalue weighted by Crippen LogP contribution is -2.31. The Morgan fingerprint density at radius 3 is 2.52 bits per heavy atom. The van der Waals surface area contributed by atoms with Crippen molar-refractivity contribution in [2.75, 3.05) is 31.7 Å². The molecule has 0 bridgehead atoms. The summed E-state index contributed by atoms with van der Waals surface area (Å²) in [5.74, 6) is 0.722. The highest BCUT2D eigenvalue weighted by Crippen LogP contribution is 2.22. The van der Waals surface area contributed by atoms with Gasteiger partial charge < -0.3 is 19.8 Å². The topological polar surface area (TPSA) is 52.9 Å². The lowest BCUT2D eigenvalue weighted by molar-refractivity contribution is 0.180. The Kier molecular flexibility index (Phi) is 5.60. The van der Waals surface area contributed by atoms with Crippen molar-refractivity contribution < 1.29 is 14.9 Å². The van der Waals surface area contributed by atoms with E-state index >= 15 is 0 Å². The van der Waals surface area contributed by atoms with Gasteiger partial charge in [-0.05, 0) is 29.8 Å². The van der Waals surface area contributed by atoms with Crippen LogP contribution in [0, 0.1) is 0 Å². The zero-order chi connectivity index (χ0) is 15.1. The van der Waals surface area contributed by atoms with Crippen molar-refractivity contribution in [3.05, 3.63) is 60.2 Å². The molecule has 4 heteroatoms. The summed E-state index contributed by atoms with van der Waals surface area (Å²) < 4.78 is 5.18. The van der Waals surface area contributed by atoms with Crippen molar-refractivity contribution in [1.82, 2.24) is 0 Å². The minimum Gasteiger partial charge on any atom is -0.497 e. The highest BCUT2D eigenvalue weighted by atomic mass is 16.5. The molecular weight excluding hydrogens is 266 g/mol. The van der Waals surface area contributed by atoms with E-state index in [2.05, 4.69) is 0 Å². The predicted molar refractivity (Wildman–Crippen MR) is 83.7 cm³/mol. The first-order chi connectivity index (χ1) is 10.2. The number of rotatable bonds is 7. The third kappa shape index (κ3) is 4.21. The summed E-state index contributed by atoms with van der Waals surface area (Å²) in [7, 11) is 1.60. The number of aliphatic hydroxyl groups is 2. The molecule has 1 atom stereocenters. The van der Waals surface area contributed by atoms with E-state index < -0.39 is 6.10 Å². The average Bonchev–Trinajstić information content (AvgIpc) is 2.55. The number of para-hydroxylation sites is 1. The van der Waals surface area contributed by atoms with Gasteiger partial charge in [-0.2, -0.15) is 0 Å². The van der Waals surface area contributed by atoms with Crippen LogP contribution in [0.5, 0.6) is 5.75 Å². The molecule has 0 radical (unpaired) electrons. The van der Waals surface area contributed by atoms with Crippen molar-refractivity contribution in [3.8, 4) is 5.75 Å². The van der Waals surface area contributed by atoms with Crippen molar-refractivity contribution in [3.63, 3.8) is 0 Å². The van der Waals surface area contributed by atoms with Gasteiger partial charge in [0.15, 0.2) is 0 Å². The fourth-order valence-electron chi connectivity index (χ4n) is 2.25. The van der Waals surface area contributed by atoms with Crippen LogP contribution in [0.15, 0.2) is 54.6 Å². The zero-order valence-corrected chi connectivity index (χ0v) is 12.1. The number of hydrogen-bond acceptors (Lipinski definition) is 4. The van der Waals surface area contributed by atoms with Gasteiger partial charge in [0.2, 0.25) is 0 Å². The molecule has 0 saturated heterocycles. The number of benzene rings is 2. The van der Waals surface area contributed by atoms with E-state index in [4.69, 9.17) is 4.74 Å². The van der Waals surface area contributed by atoms with Crippen LogP contribution < -0.4 is 9.64 Å². The first-order valence-electron chi connectivity index (χ1n) is 6.97. The molecule has 0 saturated carbocycles. The van der Waals surface area contributed by atoms with Crippen LogP contribution in [0.4, 0.5) is 5.69 Å². The molecular formula is C17H21NO3. The summed E-state index contributed by atoms with van der Waals surface area (Å²) in [4.78, 5) is 1.96. The first-order valence-corrected chi connectivity index (χ1v) is 6.97. The number of methoxy groups -OCH3 is 1.